The van der Waals surface area contributed by atoms with Gasteiger partial charge in [0, 0.05) is 0 Å². The molecule has 0 aromatic rings. The van der Waals surface area contributed by atoms with Crippen LogP contribution in [0.5, 0.6) is 0 Å². The van der Waals surface area contributed by atoms with E-state index in [0.717, 1.165) is 6.42 Å². The molecule has 0 saturated heterocycles. The summed E-state index contributed by atoms with van der Waals surface area (Å²) in [6, 6.07) is 0. The van der Waals surface area contributed by atoms with Gasteiger partial charge in [0.05, 0.1) is 12.2 Å². The summed E-state index contributed by atoms with van der Waals surface area (Å²) in [4.78, 5) is 0. The number of rotatable bonds is 4. The Bertz CT molecular complexity index is 463. The molecular formula is C19H38ClFO2Si2. The Hall–Kier alpha value is 0.314. The molecule has 6 heteroatoms. The maximum atomic E-state index is 13.8. The van der Waals surface area contributed by atoms with E-state index < -0.39 is 21.9 Å². The average Bonchev–Trinajstić information content (AvgIpc) is 2.34. The highest BCUT2D eigenvalue weighted by atomic mass is 35.5. The molecule has 0 aromatic heterocycles. The molecule has 1 aliphatic carbocycles. The van der Waals surface area contributed by atoms with E-state index in [1.807, 2.05) is 0 Å². The minimum atomic E-state index is -1.91. The van der Waals surface area contributed by atoms with Crippen molar-refractivity contribution in [2.24, 2.45) is 0 Å². The third-order valence-electron chi connectivity index (χ3n) is 6.28. The maximum Gasteiger partial charge on any atom is 0.192 e. The molecule has 25 heavy (non-hydrogen) atoms. The quantitative estimate of drug-likeness (QED) is 0.452. The summed E-state index contributed by atoms with van der Waals surface area (Å²) in [7, 11) is -3.83. The van der Waals surface area contributed by atoms with E-state index in [9.17, 15) is 4.39 Å². The van der Waals surface area contributed by atoms with Crippen molar-refractivity contribution in [2.75, 3.05) is 0 Å². The molecule has 2 atom stereocenters. The molecule has 0 aliphatic heterocycles. The van der Waals surface area contributed by atoms with Crippen molar-refractivity contribution >= 4 is 28.2 Å². The van der Waals surface area contributed by atoms with E-state index in [0.29, 0.717) is 18.4 Å². The van der Waals surface area contributed by atoms with Gasteiger partial charge in [0.1, 0.15) is 0 Å². The maximum absolute atomic E-state index is 13.8. The first kappa shape index (κ1) is 23.4. The second-order valence-electron chi connectivity index (χ2n) is 10.5. The molecule has 0 bridgehead atoms. The summed E-state index contributed by atoms with van der Waals surface area (Å²) in [5.41, 5.74) is 0.653. The fraction of sp³-hybridized carbons (Fsp3) is 0.895. The van der Waals surface area contributed by atoms with Crippen LogP contribution in [0.25, 0.3) is 0 Å². The minimum absolute atomic E-state index is 0.0103. The van der Waals surface area contributed by atoms with Crippen LogP contribution in [0.3, 0.4) is 0 Å². The molecule has 1 rings (SSSR count). The SMILES string of the molecule is CC(C)(C)[Si](C)(C)O[C@@H]1CC(=C(F)Cl)C[C@@H](O[Si](C)(C)C(C)(C)C)C1. The predicted octanol–water partition coefficient (Wildman–Crippen LogP) is 7.37. The van der Waals surface area contributed by atoms with Crippen LogP contribution in [0.15, 0.2) is 10.9 Å². The standard InChI is InChI=1S/C19H38ClFO2Si2/c1-18(2,3)24(7,8)22-15-11-14(17(20)21)12-16(13-15)23-25(9,10)19(4,5)6/h15-16H,11-13H2,1-10H3/t15-,16-/m1/s1. The van der Waals surface area contributed by atoms with Gasteiger partial charge in [-0.1, -0.05) is 53.1 Å². The van der Waals surface area contributed by atoms with Crippen LogP contribution in [0.4, 0.5) is 4.39 Å². The average molecular weight is 409 g/mol. The van der Waals surface area contributed by atoms with Crippen LogP contribution in [-0.2, 0) is 8.85 Å². The number of hydrogen-bond acceptors (Lipinski definition) is 2. The molecule has 0 amide bonds. The highest BCUT2D eigenvalue weighted by Crippen LogP contribution is 2.43. The zero-order valence-corrected chi connectivity index (χ0v) is 20.6. The topological polar surface area (TPSA) is 18.5 Å². The van der Waals surface area contributed by atoms with Gasteiger partial charge < -0.3 is 8.85 Å². The summed E-state index contributed by atoms with van der Waals surface area (Å²) in [6.07, 6.45) is 1.97. The van der Waals surface area contributed by atoms with Crippen molar-refractivity contribution in [3.8, 4) is 0 Å². The summed E-state index contributed by atoms with van der Waals surface area (Å²) in [5, 5.41) is -0.319. The van der Waals surface area contributed by atoms with Crippen LogP contribution < -0.4 is 0 Å². The summed E-state index contributed by atoms with van der Waals surface area (Å²) < 4.78 is 27.0. The fourth-order valence-corrected chi connectivity index (χ4v) is 5.50. The van der Waals surface area contributed by atoms with E-state index >= 15 is 0 Å². The highest BCUT2D eigenvalue weighted by Gasteiger charge is 2.44. The molecule has 0 N–H and O–H groups in total. The molecule has 0 unspecified atom stereocenters. The lowest BCUT2D eigenvalue weighted by Crippen LogP contribution is -2.49. The lowest BCUT2D eigenvalue weighted by atomic mass is 9.91. The molecule has 0 aromatic carbocycles. The Morgan fingerprint density at radius 2 is 1.20 bits per heavy atom. The van der Waals surface area contributed by atoms with Crippen molar-refractivity contribution in [1.82, 2.24) is 0 Å². The molecule has 0 radical (unpaired) electrons. The highest BCUT2D eigenvalue weighted by molar-refractivity contribution is 6.74. The monoisotopic (exact) mass is 408 g/mol. The van der Waals surface area contributed by atoms with Crippen LogP contribution in [0, 0.1) is 0 Å². The third-order valence-corrected chi connectivity index (χ3v) is 15.6. The van der Waals surface area contributed by atoms with E-state index in [1.54, 1.807) is 0 Å². The van der Waals surface area contributed by atoms with Gasteiger partial charge in [0.25, 0.3) is 0 Å². The van der Waals surface area contributed by atoms with Crippen molar-refractivity contribution in [3.63, 3.8) is 0 Å². The van der Waals surface area contributed by atoms with Gasteiger partial charge in [0.15, 0.2) is 21.9 Å². The lowest BCUT2D eigenvalue weighted by Gasteiger charge is -2.45. The van der Waals surface area contributed by atoms with Gasteiger partial charge >= 0.3 is 0 Å². The third kappa shape index (κ3) is 6.16. The van der Waals surface area contributed by atoms with Crippen molar-refractivity contribution in [2.45, 2.75) is 109 Å². The fourth-order valence-electron chi connectivity index (χ4n) is 2.61. The van der Waals surface area contributed by atoms with E-state index in [1.165, 1.54) is 0 Å². The van der Waals surface area contributed by atoms with Crippen LogP contribution in [-0.4, -0.2) is 28.8 Å². The van der Waals surface area contributed by atoms with Gasteiger partial charge in [-0.15, -0.1) is 0 Å². The van der Waals surface area contributed by atoms with Gasteiger partial charge in [-0.2, -0.15) is 4.39 Å². The molecular weight excluding hydrogens is 371 g/mol. The van der Waals surface area contributed by atoms with Crippen LogP contribution >= 0.6 is 11.6 Å². The first-order valence-corrected chi connectivity index (χ1v) is 15.5. The summed E-state index contributed by atoms with van der Waals surface area (Å²) >= 11 is 5.73. The van der Waals surface area contributed by atoms with E-state index in [2.05, 4.69) is 67.7 Å². The van der Waals surface area contributed by atoms with Crippen molar-refractivity contribution < 1.29 is 13.2 Å². The minimum Gasteiger partial charge on any atom is -0.414 e. The zero-order valence-electron chi connectivity index (χ0n) is 17.8. The number of hydrogen-bond donors (Lipinski definition) is 0. The predicted molar refractivity (Wildman–Crippen MR) is 112 cm³/mol. The Morgan fingerprint density at radius 3 is 1.44 bits per heavy atom. The number of halogens is 2. The first-order valence-electron chi connectivity index (χ1n) is 9.35. The largest absolute Gasteiger partial charge is 0.414 e. The second kappa shape index (κ2) is 7.74. The Labute approximate surface area is 161 Å². The van der Waals surface area contributed by atoms with Crippen LogP contribution in [0.2, 0.25) is 36.3 Å². The molecule has 1 saturated carbocycles. The van der Waals surface area contributed by atoms with Gasteiger partial charge in [-0.25, -0.2) is 0 Å². The summed E-state index contributed by atoms with van der Waals surface area (Å²) in [5.74, 6) is 0. The molecule has 148 valence electrons. The Morgan fingerprint density at radius 1 is 0.880 bits per heavy atom. The Kier molecular flexibility index (Phi) is 7.23. The molecule has 2 nitrogen and oxygen atoms in total. The summed E-state index contributed by atoms with van der Waals surface area (Å²) in [6.45, 7) is 22.3. The lowest BCUT2D eigenvalue weighted by molar-refractivity contribution is 0.0716. The van der Waals surface area contributed by atoms with Gasteiger partial charge in [0.2, 0.25) is 0 Å². The zero-order chi connectivity index (χ0) is 19.8. The van der Waals surface area contributed by atoms with Gasteiger partial charge in [-0.05, 0) is 61.1 Å². The van der Waals surface area contributed by atoms with Crippen molar-refractivity contribution in [1.29, 1.82) is 0 Å². The van der Waals surface area contributed by atoms with Crippen LogP contribution in [0.1, 0.15) is 60.8 Å². The van der Waals surface area contributed by atoms with E-state index in [4.69, 9.17) is 20.5 Å². The second-order valence-corrected chi connectivity index (χ2v) is 20.4. The molecule has 1 aliphatic rings. The van der Waals surface area contributed by atoms with Crippen molar-refractivity contribution in [3.05, 3.63) is 10.9 Å². The molecule has 0 spiro atoms. The van der Waals surface area contributed by atoms with Gasteiger partial charge in [-0.3, -0.25) is 0 Å². The molecule has 1 fully saturated rings. The normalized spacial score (nSPS) is 23.8. The first-order chi connectivity index (χ1) is 11.0. The molecule has 0 heterocycles. The van der Waals surface area contributed by atoms with E-state index in [-0.39, 0.29) is 22.3 Å². The Balaban J connectivity index is 2.98. The smallest absolute Gasteiger partial charge is 0.192 e.